The smallest absolute Gasteiger partial charge is 0.305 e. The molecule has 1 unspecified atom stereocenters. The fourth-order valence-electron chi connectivity index (χ4n) is 9.18. The molecule has 6 N–H and O–H groups in total. The van der Waals surface area contributed by atoms with Crippen molar-refractivity contribution >= 4 is 40.8 Å². The fraction of sp³-hybridized carbons (Fsp3) is 0.574. The van der Waals surface area contributed by atoms with Crippen LogP contribution >= 0.6 is 0 Å². The lowest BCUT2D eigenvalue weighted by Gasteiger charge is -2.34. The van der Waals surface area contributed by atoms with Gasteiger partial charge in [0, 0.05) is 69.7 Å². The SMILES string of the molecule is Cc1ccc(C)c(Cn2c(C(O)c3ccncc3)nc3ccc(-c4cnn(CCOCCCCCCCCCCCCNC(=O)CCOCCOCCC(=O)NC(COCCCC(=O)O)(COCCC(=O)O)COCCC(=O)O)c4)cc32)c1. The number of ether oxygens (including phenoxy) is 6. The number of carbonyl (C=O) groups excluding carboxylic acids is 2. The summed E-state index contributed by atoms with van der Waals surface area (Å²) in [4.78, 5) is 67.3. The van der Waals surface area contributed by atoms with E-state index in [1.54, 1.807) is 12.4 Å². The van der Waals surface area contributed by atoms with Crippen molar-refractivity contribution in [1.29, 1.82) is 0 Å². The van der Waals surface area contributed by atoms with E-state index in [4.69, 9.17) is 48.7 Å². The predicted octanol–water partition coefficient (Wildman–Crippen LogP) is 7.61. The minimum absolute atomic E-state index is 0.0382. The monoisotopic (exact) mass is 1160 g/mol. The molecule has 0 saturated heterocycles. The van der Waals surface area contributed by atoms with E-state index in [-0.39, 0.29) is 111 Å². The first-order valence-electron chi connectivity index (χ1n) is 29.1. The number of nitrogens with one attached hydrogen (secondary N) is 2. The van der Waals surface area contributed by atoms with Crippen molar-refractivity contribution in [2.75, 3.05) is 85.8 Å². The highest BCUT2D eigenvalue weighted by atomic mass is 16.5. The van der Waals surface area contributed by atoms with Gasteiger partial charge in [0.2, 0.25) is 11.8 Å². The Morgan fingerprint density at radius 1 is 0.590 bits per heavy atom. The zero-order valence-electron chi connectivity index (χ0n) is 48.4. The second-order valence-corrected chi connectivity index (χ2v) is 20.9. The third kappa shape index (κ3) is 26.2. The Balaban J connectivity index is 0.853. The molecule has 83 heavy (non-hydrogen) atoms. The number of benzene rings is 2. The van der Waals surface area contributed by atoms with E-state index >= 15 is 0 Å². The summed E-state index contributed by atoms with van der Waals surface area (Å²) in [7, 11) is 0. The molecule has 0 saturated carbocycles. The molecule has 5 rings (SSSR count). The van der Waals surface area contributed by atoms with E-state index < -0.39 is 35.5 Å². The Kier molecular flexibility index (Phi) is 30.9. The predicted molar refractivity (Wildman–Crippen MR) is 310 cm³/mol. The van der Waals surface area contributed by atoms with Crippen molar-refractivity contribution < 1.29 is 72.8 Å². The summed E-state index contributed by atoms with van der Waals surface area (Å²) in [6.45, 7) is 7.19. The molecule has 1 atom stereocenters. The number of imidazole rings is 1. The second kappa shape index (κ2) is 38.2. The molecular weight excluding hydrogens is 1070 g/mol. The summed E-state index contributed by atoms with van der Waals surface area (Å²) in [6, 6.07) is 16.3. The number of rotatable bonds is 47. The Hall–Kier alpha value is -6.66. The first-order valence-corrected chi connectivity index (χ1v) is 29.1. The zero-order chi connectivity index (χ0) is 59.5. The molecule has 0 aliphatic heterocycles. The summed E-state index contributed by atoms with van der Waals surface area (Å²) in [5.41, 5.74) is 6.73. The lowest BCUT2D eigenvalue weighted by molar-refractivity contribution is -0.140. The number of unbranched alkanes of at least 4 members (excludes halogenated alkanes) is 9. The normalized spacial score (nSPS) is 12.0. The van der Waals surface area contributed by atoms with E-state index in [0.29, 0.717) is 32.1 Å². The highest BCUT2D eigenvalue weighted by Gasteiger charge is 2.34. The van der Waals surface area contributed by atoms with Gasteiger partial charge in [0.25, 0.3) is 0 Å². The van der Waals surface area contributed by atoms with E-state index in [0.717, 1.165) is 66.4 Å². The number of aliphatic hydroxyl groups excluding tert-OH is 1. The van der Waals surface area contributed by atoms with Gasteiger partial charge in [-0.3, -0.25) is 33.6 Å². The summed E-state index contributed by atoms with van der Waals surface area (Å²) in [5.74, 6) is -3.10. The van der Waals surface area contributed by atoms with Gasteiger partial charge in [-0.05, 0) is 79.6 Å². The van der Waals surface area contributed by atoms with E-state index in [1.807, 2.05) is 29.1 Å². The molecule has 5 aromatic rings. The number of aryl methyl sites for hydroxylation is 2. The number of carboxylic acids is 3. The van der Waals surface area contributed by atoms with Crippen LogP contribution in [0.1, 0.15) is 137 Å². The Morgan fingerprint density at radius 2 is 1.17 bits per heavy atom. The highest BCUT2D eigenvalue weighted by molar-refractivity contribution is 5.83. The lowest BCUT2D eigenvalue weighted by atomic mass is 10.0. The molecule has 3 heterocycles. The van der Waals surface area contributed by atoms with Gasteiger partial charge in [-0.2, -0.15) is 5.10 Å². The topological polar surface area (TPSA) is 294 Å². The molecule has 22 heteroatoms. The molecule has 22 nitrogen and oxygen atoms in total. The van der Waals surface area contributed by atoms with Gasteiger partial charge in [0.1, 0.15) is 17.5 Å². The number of aliphatic hydroxyl groups is 1. The van der Waals surface area contributed by atoms with Crippen molar-refractivity contribution in [2.24, 2.45) is 0 Å². The van der Waals surface area contributed by atoms with Crippen molar-refractivity contribution in [3.05, 3.63) is 101 Å². The van der Waals surface area contributed by atoms with Crippen molar-refractivity contribution in [2.45, 2.75) is 141 Å². The number of fused-ring (bicyclic) bond motifs is 1. The summed E-state index contributed by atoms with van der Waals surface area (Å²) >= 11 is 0. The molecule has 0 spiro atoms. The Labute approximate surface area is 486 Å². The van der Waals surface area contributed by atoms with E-state index in [1.165, 1.54) is 48.8 Å². The van der Waals surface area contributed by atoms with Crippen LogP contribution in [0.4, 0.5) is 0 Å². The van der Waals surface area contributed by atoms with E-state index in [9.17, 15) is 29.1 Å². The van der Waals surface area contributed by atoms with E-state index in [2.05, 4.69) is 75.7 Å². The van der Waals surface area contributed by atoms with Gasteiger partial charge in [0.05, 0.1) is 103 Å². The number of aliphatic carboxylic acids is 3. The Bertz CT molecular complexity index is 2690. The van der Waals surface area contributed by atoms with Crippen LogP contribution < -0.4 is 10.6 Å². The molecule has 0 radical (unpaired) electrons. The van der Waals surface area contributed by atoms with Crippen LogP contribution in [-0.2, 0) is 65.5 Å². The summed E-state index contributed by atoms with van der Waals surface area (Å²) in [6.07, 6.45) is 17.4. The van der Waals surface area contributed by atoms with Gasteiger partial charge < -0.3 is 64.0 Å². The maximum absolute atomic E-state index is 13.0. The highest BCUT2D eigenvalue weighted by Crippen LogP contribution is 2.31. The van der Waals surface area contributed by atoms with Crippen molar-refractivity contribution in [3.8, 4) is 11.1 Å². The molecule has 456 valence electrons. The third-order valence-corrected chi connectivity index (χ3v) is 13.8. The fourth-order valence-corrected chi connectivity index (χ4v) is 9.18. The minimum atomic E-state index is -1.32. The molecule has 0 bridgehead atoms. The summed E-state index contributed by atoms with van der Waals surface area (Å²) < 4.78 is 37.8. The van der Waals surface area contributed by atoms with Crippen LogP contribution in [-0.4, -0.2) is 166 Å². The number of hydrogen-bond acceptors (Lipinski definition) is 15. The number of carboxylic acid groups (broad SMARTS) is 3. The van der Waals surface area contributed by atoms with Gasteiger partial charge in [-0.1, -0.05) is 81.2 Å². The molecule has 0 aliphatic carbocycles. The van der Waals surface area contributed by atoms with Crippen LogP contribution in [0.5, 0.6) is 0 Å². The molecule has 0 fully saturated rings. The van der Waals surface area contributed by atoms with Crippen LogP contribution in [0, 0.1) is 13.8 Å². The minimum Gasteiger partial charge on any atom is -0.481 e. The van der Waals surface area contributed by atoms with Crippen LogP contribution in [0.2, 0.25) is 0 Å². The molecule has 2 amide bonds. The second-order valence-electron chi connectivity index (χ2n) is 20.9. The van der Waals surface area contributed by atoms with Gasteiger partial charge in [-0.15, -0.1) is 0 Å². The average Bonchev–Trinajstić information content (AvgIpc) is 4.03. The number of hydrogen-bond donors (Lipinski definition) is 6. The van der Waals surface area contributed by atoms with Gasteiger partial charge in [0.15, 0.2) is 0 Å². The quantitative estimate of drug-likeness (QED) is 0.0204. The first kappa shape index (κ1) is 67.1. The molecule has 2 aromatic carbocycles. The van der Waals surface area contributed by atoms with Crippen molar-refractivity contribution in [3.63, 3.8) is 0 Å². The lowest BCUT2D eigenvalue weighted by Crippen LogP contribution is -2.58. The number of amides is 2. The molecular formula is C61H87N7O15. The number of aromatic nitrogens is 5. The van der Waals surface area contributed by atoms with Gasteiger partial charge >= 0.3 is 17.9 Å². The largest absolute Gasteiger partial charge is 0.481 e. The maximum atomic E-state index is 13.0. The maximum Gasteiger partial charge on any atom is 0.305 e. The van der Waals surface area contributed by atoms with Crippen LogP contribution in [0.25, 0.3) is 22.2 Å². The zero-order valence-corrected chi connectivity index (χ0v) is 48.4. The third-order valence-electron chi connectivity index (χ3n) is 13.8. The number of pyridine rings is 1. The first-order chi connectivity index (χ1) is 40.2. The Morgan fingerprint density at radius 3 is 1.82 bits per heavy atom. The molecule has 0 aliphatic rings. The summed E-state index contributed by atoms with van der Waals surface area (Å²) in [5, 5.41) is 48.8. The number of nitrogens with zero attached hydrogens (tertiary/aromatic N) is 5. The van der Waals surface area contributed by atoms with Crippen LogP contribution in [0.15, 0.2) is 73.3 Å². The van der Waals surface area contributed by atoms with Gasteiger partial charge in [-0.25, -0.2) is 4.98 Å². The van der Waals surface area contributed by atoms with Crippen LogP contribution in [0.3, 0.4) is 0 Å². The molecule has 3 aromatic heterocycles. The average molecular weight is 1160 g/mol. The number of carbonyl (C=O) groups is 5. The van der Waals surface area contributed by atoms with Crippen molar-refractivity contribution in [1.82, 2.24) is 34.9 Å². The standard InChI is InChI=1S/C61H87N7O15/c1-46-15-16-47(2)50(38-46)42-68-53-39-49(17-18-52(53)65-60(68)59(77)48-19-26-62-27-20-48)51-40-64-67(41-51)28-35-78-29-12-10-8-6-4-3-5-7-9-11-25-63-54(69)21-31-79-36-37-80-32-22-55(70)66-61(44-82-33-23-57(73)74,45-83-34-24-58(75)76)43-81-30-13-14-56(71)72/h15-20,26-27,38-41,59,77H,3-14,21-25,28-37,42-45H2,1-2H3,(H,63,69)(H,66,70)(H,71,72)(H,73,74)(H,75,76).